The summed E-state index contributed by atoms with van der Waals surface area (Å²) in [7, 11) is 3.96. The summed E-state index contributed by atoms with van der Waals surface area (Å²) in [6.45, 7) is 6.38. The van der Waals surface area contributed by atoms with Gasteiger partial charge >= 0.3 is 0 Å². The zero-order valence-corrected chi connectivity index (χ0v) is 26.8. The molecule has 5 rings (SSSR count). The van der Waals surface area contributed by atoms with Crippen LogP contribution in [0, 0.1) is 11.3 Å². The van der Waals surface area contributed by atoms with E-state index in [1.165, 1.54) is 17.3 Å². The number of rotatable bonds is 13. The van der Waals surface area contributed by atoms with Crippen LogP contribution in [0.3, 0.4) is 0 Å². The summed E-state index contributed by atoms with van der Waals surface area (Å²) in [5, 5.41) is 17.4. The number of carbonyl (C=O) groups is 1. The molecule has 9 nitrogen and oxygen atoms in total. The van der Waals surface area contributed by atoms with Crippen molar-refractivity contribution in [3.63, 3.8) is 0 Å². The van der Waals surface area contributed by atoms with E-state index < -0.39 is 0 Å². The molecule has 0 atom stereocenters. The first-order valence-corrected chi connectivity index (χ1v) is 15.6. The number of halogens is 1. The Balaban J connectivity index is 1.31. The lowest BCUT2D eigenvalue weighted by Crippen LogP contribution is -2.33. The van der Waals surface area contributed by atoms with Crippen molar-refractivity contribution in [2.45, 2.75) is 32.7 Å². The maximum atomic E-state index is 12.8. The maximum absolute atomic E-state index is 12.8. The van der Waals surface area contributed by atoms with Gasteiger partial charge in [-0.3, -0.25) is 14.7 Å². The van der Waals surface area contributed by atoms with Gasteiger partial charge < -0.3 is 25.0 Å². The molecule has 0 spiro atoms. The normalized spacial score (nSPS) is 12.9. The van der Waals surface area contributed by atoms with E-state index >= 15 is 0 Å². The van der Waals surface area contributed by atoms with Crippen molar-refractivity contribution in [1.82, 2.24) is 14.8 Å². The van der Waals surface area contributed by atoms with Gasteiger partial charge in [0.05, 0.1) is 34.1 Å². The number of nitriles is 1. The average Bonchev–Trinajstić information content (AvgIpc) is 3.02. The number of amides is 1. The lowest BCUT2D eigenvalue weighted by atomic mass is 10.0. The van der Waals surface area contributed by atoms with E-state index in [4.69, 9.17) is 21.1 Å². The standard InChI is InChI=1S/C35H39ClN6O3/c1-4-44-33-20-30-28(19-31(33)40-34(43)10-7-14-41(2)3)35(26(21-37)22-38-30)39-27-11-12-32(29(36)18-27)45-17-16-42-15-13-24-8-5-6-9-25(24)23-42/h5-6,8-9,11-12,18-20,22H,4,7,10,13-17,23H2,1-3H3,(H,38,39)(H,40,43). The highest BCUT2D eigenvalue weighted by molar-refractivity contribution is 6.32. The zero-order valence-electron chi connectivity index (χ0n) is 26.0. The van der Waals surface area contributed by atoms with Crippen molar-refractivity contribution in [3.8, 4) is 17.6 Å². The number of carbonyl (C=O) groups excluding carboxylic acids is 1. The smallest absolute Gasteiger partial charge is 0.224 e. The van der Waals surface area contributed by atoms with E-state index in [0.29, 0.717) is 69.7 Å². The number of anilines is 3. The molecule has 3 aromatic carbocycles. The molecular weight excluding hydrogens is 588 g/mol. The van der Waals surface area contributed by atoms with Gasteiger partial charge in [0.15, 0.2) is 0 Å². The first kappa shape index (κ1) is 32.0. The van der Waals surface area contributed by atoms with E-state index in [1.807, 2.05) is 38.1 Å². The molecular formula is C35H39ClN6O3. The molecule has 0 saturated heterocycles. The number of hydrogen-bond donors (Lipinski definition) is 2. The minimum absolute atomic E-state index is 0.108. The maximum Gasteiger partial charge on any atom is 0.224 e. The summed E-state index contributed by atoms with van der Waals surface area (Å²) < 4.78 is 11.9. The van der Waals surface area contributed by atoms with Gasteiger partial charge in [0.25, 0.3) is 0 Å². The minimum Gasteiger partial charge on any atom is -0.492 e. The lowest BCUT2D eigenvalue weighted by molar-refractivity contribution is -0.116. The van der Waals surface area contributed by atoms with Crippen molar-refractivity contribution < 1.29 is 14.3 Å². The molecule has 234 valence electrons. The molecule has 2 N–H and O–H groups in total. The average molecular weight is 627 g/mol. The van der Waals surface area contributed by atoms with Crippen molar-refractivity contribution in [2.24, 2.45) is 0 Å². The molecule has 1 aromatic heterocycles. The molecule has 4 aromatic rings. The Morgan fingerprint density at radius 1 is 1.11 bits per heavy atom. The monoisotopic (exact) mass is 626 g/mol. The highest BCUT2D eigenvalue weighted by Gasteiger charge is 2.18. The SMILES string of the molecule is CCOc1cc2ncc(C#N)c(Nc3ccc(OCCN4CCc5ccccc5C4)c(Cl)c3)c2cc1NC(=O)CCCN(C)C. The highest BCUT2D eigenvalue weighted by Crippen LogP contribution is 2.37. The van der Waals surface area contributed by atoms with Gasteiger partial charge in [-0.1, -0.05) is 35.9 Å². The Morgan fingerprint density at radius 3 is 2.69 bits per heavy atom. The van der Waals surface area contributed by atoms with Crippen LogP contribution in [0.1, 0.15) is 36.5 Å². The Kier molecular flexibility index (Phi) is 10.7. The summed E-state index contributed by atoms with van der Waals surface area (Å²) in [5.41, 5.74) is 5.55. The van der Waals surface area contributed by atoms with Gasteiger partial charge in [0, 0.05) is 49.4 Å². The molecule has 45 heavy (non-hydrogen) atoms. The summed E-state index contributed by atoms with van der Waals surface area (Å²) >= 11 is 6.65. The fourth-order valence-corrected chi connectivity index (χ4v) is 5.69. The first-order chi connectivity index (χ1) is 21.8. The summed E-state index contributed by atoms with van der Waals surface area (Å²) in [5.74, 6) is 1.01. The van der Waals surface area contributed by atoms with Gasteiger partial charge in [-0.25, -0.2) is 0 Å². The molecule has 1 amide bonds. The first-order valence-electron chi connectivity index (χ1n) is 15.3. The zero-order chi connectivity index (χ0) is 31.8. The molecule has 1 aliphatic heterocycles. The molecule has 0 aliphatic carbocycles. The summed E-state index contributed by atoms with van der Waals surface area (Å²) in [6, 6.07) is 19.9. The molecule has 0 saturated carbocycles. The van der Waals surface area contributed by atoms with Crippen LogP contribution in [-0.2, 0) is 17.8 Å². The van der Waals surface area contributed by atoms with Crippen LogP contribution in [0.25, 0.3) is 10.9 Å². The molecule has 0 fully saturated rings. The van der Waals surface area contributed by atoms with Crippen LogP contribution in [0.5, 0.6) is 11.5 Å². The lowest BCUT2D eigenvalue weighted by Gasteiger charge is -2.28. The second-order valence-electron chi connectivity index (χ2n) is 11.3. The fraction of sp³-hybridized carbons (Fsp3) is 0.343. The number of benzene rings is 3. The van der Waals surface area contributed by atoms with Crippen molar-refractivity contribution >= 4 is 45.5 Å². The van der Waals surface area contributed by atoms with E-state index in [1.54, 1.807) is 18.2 Å². The largest absolute Gasteiger partial charge is 0.492 e. The van der Waals surface area contributed by atoms with Crippen molar-refractivity contribution in [1.29, 1.82) is 5.26 Å². The topological polar surface area (TPSA) is 103 Å². The Morgan fingerprint density at radius 2 is 1.93 bits per heavy atom. The number of ether oxygens (including phenoxy) is 2. The highest BCUT2D eigenvalue weighted by atomic mass is 35.5. The number of nitrogens with one attached hydrogen (secondary N) is 2. The van der Waals surface area contributed by atoms with Gasteiger partial charge in [-0.2, -0.15) is 5.26 Å². The van der Waals surface area contributed by atoms with Crippen LogP contribution in [0.2, 0.25) is 5.02 Å². The van der Waals surface area contributed by atoms with Gasteiger partial charge in [0.1, 0.15) is 24.2 Å². The fourth-order valence-electron chi connectivity index (χ4n) is 5.45. The van der Waals surface area contributed by atoms with Gasteiger partial charge in [0.2, 0.25) is 5.91 Å². The van der Waals surface area contributed by atoms with Crippen LogP contribution in [-0.4, -0.2) is 67.6 Å². The predicted octanol–water partition coefficient (Wildman–Crippen LogP) is 6.62. The second-order valence-corrected chi connectivity index (χ2v) is 11.7. The second kappa shape index (κ2) is 15.1. The van der Waals surface area contributed by atoms with E-state index in [2.05, 4.69) is 50.9 Å². The Labute approximate surface area is 269 Å². The molecule has 0 bridgehead atoms. The van der Waals surface area contributed by atoms with Gasteiger partial charge in [-0.05, 0) is 75.8 Å². The Bertz CT molecular complexity index is 1700. The number of pyridine rings is 1. The number of nitrogens with zero attached hydrogens (tertiary/aromatic N) is 4. The number of fused-ring (bicyclic) bond motifs is 2. The molecule has 0 radical (unpaired) electrons. The summed E-state index contributed by atoms with van der Waals surface area (Å²) in [4.78, 5) is 21.7. The third-order valence-corrected chi connectivity index (χ3v) is 8.04. The third-order valence-electron chi connectivity index (χ3n) is 7.75. The van der Waals surface area contributed by atoms with Crippen LogP contribution in [0.15, 0.2) is 60.8 Å². The third kappa shape index (κ3) is 8.22. The van der Waals surface area contributed by atoms with Crippen molar-refractivity contribution in [3.05, 3.63) is 82.5 Å². The van der Waals surface area contributed by atoms with E-state index in [-0.39, 0.29) is 5.91 Å². The molecule has 2 heterocycles. The predicted molar refractivity (Wildman–Crippen MR) is 180 cm³/mol. The Hall–Kier alpha value is -4.36. The van der Waals surface area contributed by atoms with Gasteiger partial charge in [-0.15, -0.1) is 0 Å². The van der Waals surface area contributed by atoms with E-state index in [9.17, 15) is 10.1 Å². The van der Waals surface area contributed by atoms with Crippen LogP contribution in [0.4, 0.5) is 17.1 Å². The molecule has 1 aliphatic rings. The van der Waals surface area contributed by atoms with E-state index in [0.717, 1.165) is 39.0 Å². The minimum atomic E-state index is -0.108. The molecule has 0 unspecified atom stereocenters. The number of aromatic nitrogens is 1. The summed E-state index contributed by atoms with van der Waals surface area (Å²) in [6.07, 6.45) is 3.68. The van der Waals surface area contributed by atoms with Crippen molar-refractivity contribution in [2.75, 3.05) is 57.6 Å². The quantitative estimate of drug-likeness (QED) is 0.171. The molecule has 10 heteroatoms. The van der Waals surface area contributed by atoms with Crippen LogP contribution < -0.4 is 20.1 Å². The van der Waals surface area contributed by atoms with Crippen LogP contribution >= 0.6 is 11.6 Å². The number of hydrogen-bond acceptors (Lipinski definition) is 8.